The molecule has 0 unspecified atom stereocenters. The molecule has 1 N–H and O–H groups in total. The highest BCUT2D eigenvalue weighted by Gasteiger charge is 2.25. The lowest BCUT2D eigenvalue weighted by Gasteiger charge is -2.25. The smallest absolute Gasteiger partial charge is 0.269 e. The number of nitrogens with zero attached hydrogens (tertiary/aromatic N) is 1. The second-order valence-corrected chi connectivity index (χ2v) is 6.02. The van der Waals surface area contributed by atoms with Crippen LogP contribution in [0.5, 0.6) is 0 Å². The standard InChI is InChI=1S/C18H19ClN2O3/c1-3-17(22)12(2)18(20-15-8-6-14(19)7-9-15)13-4-10-16(11-5-13)21(23)24/h4-12,18,20H,3H2,1-2H3/t12-,18+/m1/s1. The van der Waals surface area contributed by atoms with Crippen LogP contribution in [-0.2, 0) is 4.79 Å². The molecule has 0 bridgehead atoms. The third-order valence-corrected chi connectivity index (χ3v) is 4.24. The van der Waals surface area contributed by atoms with Gasteiger partial charge in [-0.1, -0.05) is 37.6 Å². The molecular weight excluding hydrogens is 328 g/mol. The Bertz CT molecular complexity index is 714. The third kappa shape index (κ3) is 4.32. The number of anilines is 1. The van der Waals surface area contributed by atoms with Gasteiger partial charge in [0.05, 0.1) is 11.0 Å². The van der Waals surface area contributed by atoms with E-state index in [0.29, 0.717) is 11.4 Å². The maximum Gasteiger partial charge on any atom is 0.269 e. The summed E-state index contributed by atoms with van der Waals surface area (Å²) in [5.74, 6) is -0.146. The number of nitro groups is 1. The summed E-state index contributed by atoms with van der Waals surface area (Å²) in [6.07, 6.45) is 0.437. The van der Waals surface area contributed by atoms with Crippen LogP contribution in [0.3, 0.4) is 0 Å². The maximum absolute atomic E-state index is 12.2. The molecule has 0 saturated carbocycles. The molecule has 2 aromatic rings. The second kappa shape index (κ2) is 7.93. The maximum atomic E-state index is 12.2. The van der Waals surface area contributed by atoms with Crippen LogP contribution < -0.4 is 5.32 Å². The summed E-state index contributed by atoms with van der Waals surface area (Å²) in [6, 6.07) is 13.2. The minimum absolute atomic E-state index is 0.0264. The molecule has 0 saturated heterocycles. The molecule has 0 heterocycles. The van der Waals surface area contributed by atoms with E-state index < -0.39 is 4.92 Å². The number of non-ortho nitro benzene ring substituents is 1. The predicted molar refractivity (Wildman–Crippen MR) is 95.4 cm³/mol. The summed E-state index contributed by atoms with van der Waals surface area (Å²) in [4.78, 5) is 22.6. The van der Waals surface area contributed by atoms with Crippen LogP contribution in [0.25, 0.3) is 0 Å². The summed E-state index contributed by atoms with van der Waals surface area (Å²) in [5.41, 5.74) is 1.68. The number of halogens is 1. The van der Waals surface area contributed by atoms with E-state index in [1.165, 1.54) is 12.1 Å². The molecule has 5 nitrogen and oxygen atoms in total. The van der Waals surface area contributed by atoms with Crippen LogP contribution in [0.2, 0.25) is 5.02 Å². The highest BCUT2D eigenvalue weighted by Crippen LogP contribution is 2.29. The Hall–Kier alpha value is -2.40. The fourth-order valence-corrected chi connectivity index (χ4v) is 2.66. The van der Waals surface area contributed by atoms with Gasteiger partial charge in [-0.2, -0.15) is 0 Å². The van der Waals surface area contributed by atoms with Crippen LogP contribution in [-0.4, -0.2) is 10.7 Å². The first-order valence-corrected chi connectivity index (χ1v) is 8.09. The Morgan fingerprint density at radius 3 is 2.25 bits per heavy atom. The molecule has 0 amide bonds. The molecule has 0 aliphatic carbocycles. The lowest BCUT2D eigenvalue weighted by atomic mass is 9.89. The molecule has 0 spiro atoms. The molecular formula is C18H19ClN2O3. The van der Waals surface area contributed by atoms with Crippen LogP contribution in [0.1, 0.15) is 31.9 Å². The highest BCUT2D eigenvalue weighted by atomic mass is 35.5. The Morgan fingerprint density at radius 1 is 1.17 bits per heavy atom. The highest BCUT2D eigenvalue weighted by molar-refractivity contribution is 6.30. The lowest BCUT2D eigenvalue weighted by Crippen LogP contribution is -2.25. The van der Waals surface area contributed by atoms with Crippen molar-refractivity contribution in [3.8, 4) is 0 Å². The molecule has 126 valence electrons. The first-order valence-electron chi connectivity index (χ1n) is 7.71. The Balaban J connectivity index is 2.32. The van der Waals surface area contributed by atoms with E-state index >= 15 is 0 Å². The molecule has 6 heteroatoms. The molecule has 0 aliphatic heterocycles. The number of hydrogen-bond donors (Lipinski definition) is 1. The normalized spacial score (nSPS) is 13.1. The van der Waals surface area contributed by atoms with Gasteiger partial charge in [-0.15, -0.1) is 0 Å². The number of carbonyl (C=O) groups is 1. The molecule has 2 atom stereocenters. The summed E-state index contributed by atoms with van der Waals surface area (Å²) in [7, 11) is 0. The van der Waals surface area contributed by atoms with Crippen molar-refractivity contribution in [2.45, 2.75) is 26.3 Å². The Kier molecular flexibility index (Phi) is 5.93. The van der Waals surface area contributed by atoms with Crippen molar-refractivity contribution in [3.05, 3.63) is 69.2 Å². The van der Waals surface area contributed by atoms with E-state index in [-0.39, 0.29) is 23.4 Å². The molecule has 0 radical (unpaired) electrons. The number of nitro benzene ring substituents is 1. The van der Waals surface area contributed by atoms with Crippen LogP contribution in [0.4, 0.5) is 11.4 Å². The molecule has 0 fully saturated rings. The van der Waals surface area contributed by atoms with Gasteiger partial charge in [0.2, 0.25) is 0 Å². The van der Waals surface area contributed by atoms with Crippen molar-refractivity contribution >= 4 is 28.8 Å². The molecule has 0 aromatic heterocycles. The summed E-state index contributed by atoms with van der Waals surface area (Å²) >= 11 is 5.90. The van der Waals surface area contributed by atoms with E-state index in [9.17, 15) is 14.9 Å². The third-order valence-electron chi connectivity index (χ3n) is 3.99. The summed E-state index contributed by atoms with van der Waals surface area (Å²) < 4.78 is 0. The van der Waals surface area contributed by atoms with Gasteiger partial charge in [0, 0.05) is 35.2 Å². The zero-order chi connectivity index (χ0) is 17.7. The quantitative estimate of drug-likeness (QED) is 0.564. The zero-order valence-corrected chi connectivity index (χ0v) is 14.3. The van der Waals surface area contributed by atoms with Crippen LogP contribution in [0.15, 0.2) is 48.5 Å². The van der Waals surface area contributed by atoms with Gasteiger partial charge in [-0.25, -0.2) is 0 Å². The van der Waals surface area contributed by atoms with Gasteiger partial charge in [0.1, 0.15) is 5.78 Å². The average molecular weight is 347 g/mol. The first kappa shape index (κ1) is 17.9. The van der Waals surface area contributed by atoms with Crippen molar-refractivity contribution in [3.63, 3.8) is 0 Å². The second-order valence-electron chi connectivity index (χ2n) is 5.59. The fourth-order valence-electron chi connectivity index (χ4n) is 2.53. The minimum atomic E-state index is -0.438. The van der Waals surface area contributed by atoms with E-state index in [0.717, 1.165) is 11.3 Å². The van der Waals surface area contributed by atoms with Crippen LogP contribution in [0, 0.1) is 16.0 Å². The number of Topliss-reactive ketones (excluding diaryl/α,β-unsaturated/α-hetero) is 1. The molecule has 2 rings (SSSR count). The number of rotatable bonds is 7. The molecule has 2 aromatic carbocycles. The van der Waals surface area contributed by atoms with Gasteiger partial charge in [0.25, 0.3) is 5.69 Å². The summed E-state index contributed by atoms with van der Waals surface area (Å²) in [5, 5.41) is 14.8. The minimum Gasteiger partial charge on any atom is -0.378 e. The Labute approximate surface area is 145 Å². The van der Waals surface area contributed by atoms with Crippen molar-refractivity contribution in [2.75, 3.05) is 5.32 Å². The van der Waals surface area contributed by atoms with Crippen molar-refractivity contribution < 1.29 is 9.72 Å². The topological polar surface area (TPSA) is 72.2 Å². The number of nitrogens with one attached hydrogen (secondary N) is 1. The SMILES string of the molecule is CCC(=O)[C@@H](C)[C@H](Nc1ccc(Cl)cc1)c1ccc([N+](=O)[O-])cc1. The van der Waals surface area contributed by atoms with Gasteiger partial charge < -0.3 is 5.32 Å². The van der Waals surface area contributed by atoms with E-state index in [1.54, 1.807) is 24.3 Å². The first-order chi connectivity index (χ1) is 11.4. The van der Waals surface area contributed by atoms with Gasteiger partial charge in [-0.05, 0) is 29.8 Å². The van der Waals surface area contributed by atoms with Crippen LogP contribution >= 0.6 is 11.6 Å². The number of ketones is 1. The number of hydrogen-bond acceptors (Lipinski definition) is 4. The number of carbonyl (C=O) groups excluding carboxylic acids is 1. The van der Waals surface area contributed by atoms with Gasteiger partial charge >= 0.3 is 0 Å². The predicted octanol–water partition coefficient (Wildman–Crippen LogP) is 5.02. The van der Waals surface area contributed by atoms with E-state index in [2.05, 4.69) is 5.32 Å². The van der Waals surface area contributed by atoms with Crippen molar-refractivity contribution in [1.82, 2.24) is 0 Å². The summed E-state index contributed by atoms with van der Waals surface area (Å²) in [6.45, 7) is 3.69. The largest absolute Gasteiger partial charge is 0.378 e. The average Bonchev–Trinajstić information content (AvgIpc) is 2.60. The van der Waals surface area contributed by atoms with E-state index in [1.807, 2.05) is 26.0 Å². The van der Waals surface area contributed by atoms with Crippen molar-refractivity contribution in [2.24, 2.45) is 5.92 Å². The lowest BCUT2D eigenvalue weighted by molar-refractivity contribution is -0.384. The van der Waals surface area contributed by atoms with E-state index in [4.69, 9.17) is 11.6 Å². The van der Waals surface area contributed by atoms with Gasteiger partial charge in [-0.3, -0.25) is 14.9 Å². The zero-order valence-electron chi connectivity index (χ0n) is 13.5. The fraction of sp³-hybridized carbons (Fsp3) is 0.278. The van der Waals surface area contributed by atoms with Gasteiger partial charge in [0.15, 0.2) is 0 Å². The molecule has 0 aliphatic rings. The monoisotopic (exact) mass is 346 g/mol. The molecule has 24 heavy (non-hydrogen) atoms. The number of benzene rings is 2. The Morgan fingerprint density at radius 2 is 1.75 bits per heavy atom. The van der Waals surface area contributed by atoms with Crippen molar-refractivity contribution in [1.29, 1.82) is 0 Å².